The minimum Gasteiger partial charge on any atom is -0.333 e. The largest absolute Gasteiger partial charge is 0.333 e. The second-order valence-corrected chi connectivity index (χ2v) is 8.19. The molecule has 3 heterocycles. The minimum absolute atomic E-state index is 0.0401. The molecule has 0 aliphatic carbocycles. The molecule has 2 aliphatic heterocycles. The van der Waals surface area contributed by atoms with Gasteiger partial charge in [0, 0.05) is 11.4 Å². The highest BCUT2D eigenvalue weighted by molar-refractivity contribution is 7.10. The number of nitrogens with zero attached hydrogens (tertiary/aromatic N) is 2. The summed E-state index contributed by atoms with van der Waals surface area (Å²) in [5.74, 6) is -0.536. The fraction of sp³-hybridized carbons (Fsp3) is 0.381. The van der Waals surface area contributed by atoms with Gasteiger partial charge in [0.1, 0.15) is 12.1 Å². The second-order valence-electron chi connectivity index (χ2n) is 7.21. The second kappa shape index (κ2) is 7.39. The van der Waals surface area contributed by atoms with E-state index in [0.717, 1.165) is 28.2 Å². The Kier molecular flexibility index (Phi) is 4.93. The van der Waals surface area contributed by atoms with Crippen LogP contribution in [0.4, 0.5) is 4.79 Å². The third-order valence-corrected chi connectivity index (χ3v) is 6.68. The van der Waals surface area contributed by atoms with E-state index in [1.165, 1.54) is 0 Å². The number of carbonyl (C=O) groups is 3. The smallest absolute Gasteiger partial charge is 0.325 e. The molecule has 2 fully saturated rings. The van der Waals surface area contributed by atoms with E-state index in [2.05, 4.69) is 5.32 Å². The number of urea groups is 1. The summed E-state index contributed by atoms with van der Waals surface area (Å²) in [6.45, 7) is 2.30. The van der Waals surface area contributed by atoms with Gasteiger partial charge in [-0.1, -0.05) is 43.3 Å². The maximum Gasteiger partial charge on any atom is 0.325 e. The van der Waals surface area contributed by atoms with Crippen LogP contribution in [0.3, 0.4) is 0 Å². The Bertz CT molecular complexity index is 884. The van der Waals surface area contributed by atoms with Crippen LogP contribution in [0.5, 0.6) is 0 Å². The van der Waals surface area contributed by atoms with Gasteiger partial charge in [-0.15, -0.1) is 11.3 Å². The fourth-order valence-corrected chi connectivity index (χ4v) is 5.07. The van der Waals surface area contributed by atoms with Crippen LogP contribution in [-0.4, -0.2) is 40.7 Å². The normalized spacial score (nSPS) is 24.7. The van der Waals surface area contributed by atoms with Crippen molar-refractivity contribution < 1.29 is 14.4 Å². The van der Waals surface area contributed by atoms with Gasteiger partial charge < -0.3 is 10.2 Å². The SMILES string of the molecule is CC[C@]1(c2ccccc2)NC(=O)N(CC(=O)N2CCC[C@H]2c2cccs2)C1=O. The van der Waals surface area contributed by atoms with Crippen molar-refractivity contribution in [1.82, 2.24) is 15.1 Å². The lowest BCUT2D eigenvalue weighted by atomic mass is 9.87. The molecule has 2 aliphatic rings. The van der Waals surface area contributed by atoms with E-state index < -0.39 is 11.6 Å². The zero-order valence-corrected chi connectivity index (χ0v) is 16.6. The monoisotopic (exact) mass is 397 g/mol. The van der Waals surface area contributed by atoms with Gasteiger partial charge in [0.25, 0.3) is 5.91 Å². The molecular weight excluding hydrogens is 374 g/mol. The Hall–Kier alpha value is -2.67. The summed E-state index contributed by atoms with van der Waals surface area (Å²) in [6.07, 6.45) is 2.26. The van der Waals surface area contributed by atoms with Gasteiger partial charge in [-0.2, -0.15) is 0 Å². The number of hydrogen-bond donors (Lipinski definition) is 1. The number of imide groups is 1. The van der Waals surface area contributed by atoms with Crippen LogP contribution in [0.2, 0.25) is 0 Å². The highest BCUT2D eigenvalue weighted by atomic mass is 32.1. The van der Waals surface area contributed by atoms with Crippen LogP contribution in [0.15, 0.2) is 47.8 Å². The lowest BCUT2D eigenvalue weighted by Gasteiger charge is -2.27. The van der Waals surface area contributed by atoms with Gasteiger partial charge in [-0.3, -0.25) is 14.5 Å². The standard InChI is InChI=1S/C21H23N3O3S/c1-2-21(15-8-4-3-5-9-15)19(26)24(20(27)22-21)14-18(25)23-12-6-10-16(23)17-11-7-13-28-17/h3-5,7-9,11,13,16H,2,6,10,12,14H2,1H3,(H,22,27)/t16-,21+/m0/s1. The van der Waals surface area contributed by atoms with Crippen LogP contribution in [0.1, 0.15) is 42.7 Å². The number of likely N-dealkylation sites (tertiary alicyclic amines) is 1. The third kappa shape index (κ3) is 2.99. The average molecular weight is 398 g/mol. The molecule has 0 saturated carbocycles. The molecule has 7 heteroatoms. The maximum absolute atomic E-state index is 13.2. The summed E-state index contributed by atoms with van der Waals surface area (Å²) in [4.78, 5) is 42.8. The lowest BCUT2D eigenvalue weighted by molar-refractivity contribution is -0.139. The average Bonchev–Trinajstić information content (AvgIpc) is 3.44. The summed E-state index contributed by atoms with van der Waals surface area (Å²) in [6, 6.07) is 12.8. The van der Waals surface area contributed by atoms with Gasteiger partial charge in [-0.05, 0) is 36.3 Å². The van der Waals surface area contributed by atoms with Crippen molar-refractivity contribution in [2.75, 3.05) is 13.1 Å². The first-order chi connectivity index (χ1) is 13.6. The summed E-state index contributed by atoms with van der Waals surface area (Å²) in [7, 11) is 0. The van der Waals surface area contributed by atoms with Crippen molar-refractivity contribution in [3.05, 3.63) is 58.3 Å². The van der Waals surface area contributed by atoms with E-state index in [9.17, 15) is 14.4 Å². The van der Waals surface area contributed by atoms with Crippen LogP contribution < -0.4 is 5.32 Å². The van der Waals surface area contributed by atoms with E-state index in [1.54, 1.807) is 16.2 Å². The summed E-state index contributed by atoms with van der Waals surface area (Å²) >= 11 is 1.63. The molecule has 2 aromatic rings. The van der Waals surface area contributed by atoms with Crippen molar-refractivity contribution in [2.45, 2.75) is 37.8 Å². The highest BCUT2D eigenvalue weighted by Gasteiger charge is 2.52. The number of benzene rings is 1. The lowest BCUT2D eigenvalue weighted by Crippen LogP contribution is -2.45. The number of carbonyl (C=O) groups excluding carboxylic acids is 3. The first-order valence-corrected chi connectivity index (χ1v) is 10.5. The third-order valence-electron chi connectivity index (χ3n) is 5.71. The van der Waals surface area contributed by atoms with Gasteiger partial charge in [0.15, 0.2) is 0 Å². The van der Waals surface area contributed by atoms with Crippen LogP contribution in [0, 0.1) is 0 Å². The quantitative estimate of drug-likeness (QED) is 0.788. The zero-order chi connectivity index (χ0) is 19.7. The summed E-state index contributed by atoms with van der Waals surface area (Å²) < 4.78 is 0. The van der Waals surface area contributed by atoms with E-state index in [4.69, 9.17) is 0 Å². The van der Waals surface area contributed by atoms with E-state index >= 15 is 0 Å². The molecular formula is C21H23N3O3S. The number of thiophene rings is 1. The van der Waals surface area contributed by atoms with Gasteiger partial charge in [-0.25, -0.2) is 4.79 Å². The predicted molar refractivity (Wildman–Crippen MR) is 107 cm³/mol. The molecule has 2 saturated heterocycles. The Morgan fingerprint density at radius 2 is 2.00 bits per heavy atom. The predicted octanol–water partition coefficient (Wildman–Crippen LogP) is 3.27. The molecule has 0 spiro atoms. The first kappa shape index (κ1) is 18.7. The Morgan fingerprint density at radius 1 is 1.21 bits per heavy atom. The molecule has 1 aromatic heterocycles. The van der Waals surface area contributed by atoms with Gasteiger partial charge in [0.2, 0.25) is 5.91 Å². The van der Waals surface area contributed by atoms with Crippen molar-refractivity contribution >= 4 is 29.2 Å². The minimum atomic E-state index is -1.10. The Morgan fingerprint density at radius 3 is 2.68 bits per heavy atom. The molecule has 0 bridgehead atoms. The first-order valence-electron chi connectivity index (χ1n) is 9.59. The molecule has 146 valence electrons. The summed E-state index contributed by atoms with van der Waals surface area (Å²) in [5.41, 5.74) is -0.361. The van der Waals surface area contributed by atoms with Gasteiger partial charge in [0.05, 0.1) is 6.04 Å². The van der Waals surface area contributed by atoms with Crippen molar-refractivity contribution in [1.29, 1.82) is 0 Å². The van der Waals surface area contributed by atoms with E-state index in [0.29, 0.717) is 13.0 Å². The molecule has 0 radical (unpaired) electrons. The van der Waals surface area contributed by atoms with Crippen LogP contribution in [-0.2, 0) is 15.1 Å². The number of hydrogen-bond acceptors (Lipinski definition) is 4. The molecule has 1 aromatic carbocycles. The number of amides is 4. The van der Waals surface area contributed by atoms with Crippen molar-refractivity contribution in [3.63, 3.8) is 0 Å². The number of nitrogens with one attached hydrogen (secondary N) is 1. The maximum atomic E-state index is 13.2. The Labute approximate surface area is 168 Å². The molecule has 6 nitrogen and oxygen atoms in total. The van der Waals surface area contributed by atoms with Crippen molar-refractivity contribution in [2.24, 2.45) is 0 Å². The molecule has 4 rings (SSSR count). The van der Waals surface area contributed by atoms with Crippen molar-refractivity contribution in [3.8, 4) is 0 Å². The van der Waals surface area contributed by atoms with Crippen LogP contribution in [0.25, 0.3) is 0 Å². The number of rotatable bonds is 5. The van der Waals surface area contributed by atoms with Gasteiger partial charge >= 0.3 is 6.03 Å². The zero-order valence-electron chi connectivity index (χ0n) is 15.8. The van der Waals surface area contributed by atoms with Crippen LogP contribution >= 0.6 is 11.3 Å². The molecule has 1 N–H and O–H groups in total. The molecule has 28 heavy (non-hydrogen) atoms. The topological polar surface area (TPSA) is 69.7 Å². The molecule has 2 atom stereocenters. The summed E-state index contributed by atoms with van der Waals surface area (Å²) in [5, 5.41) is 4.84. The molecule has 0 unspecified atom stereocenters. The van der Waals surface area contributed by atoms with E-state index in [1.807, 2.05) is 54.8 Å². The van der Waals surface area contributed by atoms with E-state index in [-0.39, 0.29) is 24.4 Å². The fourth-order valence-electron chi connectivity index (χ4n) is 4.20. The highest BCUT2D eigenvalue weighted by Crippen LogP contribution is 2.36. The Balaban J connectivity index is 1.54. The molecule has 4 amide bonds.